The number of methoxy groups -OCH3 is 1. The number of carbonyl (C=O) groups excluding carboxylic acids is 1. The molecule has 0 saturated carbocycles. The Bertz CT molecular complexity index is 1250. The normalized spacial score (nSPS) is 31.1. The first-order chi connectivity index (χ1) is 20.6. The van der Waals surface area contributed by atoms with Crippen LogP contribution in [-0.2, 0) is 28.5 Å². The summed E-state index contributed by atoms with van der Waals surface area (Å²) in [6.07, 6.45) is -4.49. The molecule has 43 heavy (non-hydrogen) atoms. The van der Waals surface area contributed by atoms with E-state index in [2.05, 4.69) is 0 Å². The SMILES string of the molecule is COc1ccc(/C=C/CO[C@@H]2O[C@H](CO)[C@@H](O)[C@H](O[C@@H]3OC[C@](O)(COC(=O)/C=C/c4ccccc4)[C@H]3O)[C@H]2O)cc1O. The Morgan fingerprint density at radius 1 is 1.05 bits per heavy atom. The van der Waals surface area contributed by atoms with Crippen LogP contribution in [0.25, 0.3) is 12.2 Å². The molecule has 0 bridgehead atoms. The summed E-state index contributed by atoms with van der Waals surface area (Å²) in [6, 6.07) is 13.8. The van der Waals surface area contributed by atoms with Crippen LogP contribution >= 0.6 is 0 Å². The summed E-state index contributed by atoms with van der Waals surface area (Å²) in [5.74, 6) is -0.482. The molecule has 13 heteroatoms. The van der Waals surface area contributed by atoms with Crippen molar-refractivity contribution < 1.29 is 63.9 Å². The van der Waals surface area contributed by atoms with Gasteiger partial charge in [-0.25, -0.2) is 4.79 Å². The Morgan fingerprint density at radius 3 is 2.51 bits per heavy atom. The first-order valence-electron chi connectivity index (χ1n) is 13.5. The molecule has 13 nitrogen and oxygen atoms in total. The third-order valence-electron chi connectivity index (χ3n) is 6.96. The molecule has 2 aliphatic heterocycles. The number of esters is 1. The quantitative estimate of drug-likeness (QED) is 0.140. The van der Waals surface area contributed by atoms with Crippen molar-refractivity contribution in [3.05, 3.63) is 71.8 Å². The van der Waals surface area contributed by atoms with E-state index in [1.165, 1.54) is 25.3 Å². The third kappa shape index (κ3) is 8.17. The van der Waals surface area contributed by atoms with Crippen LogP contribution in [0.2, 0.25) is 0 Å². The van der Waals surface area contributed by atoms with Crippen LogP contribution in [-0.4, -0.2) is 119 Å². The molecule has 2 aromatic carbocycles. The van der Waals surface area contributed by atoms with Gasteiger partial charge in [-0.3, -0.25) is 0 Å². The first kappa shape index (κ1) is 32.5. The fourth-order valence-corrected chi connectivity index (χ4v) is 4.52. The zero-order valence-corrected chi connectivity index (χ0v) is 23.3. The molecule has 2 heterocycles. The van der Waals surface area contributed by atoms with Crippen LogP contribution in [0.1, 0.15) is 11.1 Å². The number of aromatic hydroxyl groups is 1. The summed E-state index contributed by atoms with van der Waals surface area (Å²) in [5, 5.41) is 62.7. The van der Waals surface area contributed by atoms with Crippen LogP contribution in [0.4, 0.5) is 0 Å². The third-order valence-corrected chi connectivity index (χ3v) is 6.96. The van der Waals surface area contributed by atoms with Crippen molar-refractivity contribution in [2.24, 2.45) is 0 Å². The van der Waals surface area contributed by atoms with Crippen molar-refractivity contribution in [2.45, 2.75) is 48.7 Å². The van der Waals surface area contributed by atoms with Gasteiger partial charge in [0.25, 0.3) is 0 Å². The highest BCUT2D eigenvalue weighted by Crippen LogP contribution is 2.32. The van der Waals surface area contributed by atoms with Crippen molar-refractivity contribution in [1.82, 2.24) is 0 Å². The molecule has 0 aliphatic carbocycles. The van der Waals surface area contributed by atoms with Crippen LogP contribution in [0, 0.1) is 0 Å². The molecule has 2 aliphatic rings. The lowest BCUT2D eigenvalue weighted by molar-refractivity contribution is -0.327. The van der Waals surface area contributed by atoms with Gasteiger partial charge in [0.1, 0.15) is 37.1 Å². The molecular weight excluding hydrogens is 568 g/mol. The van der Waals surface area contributed by atoms with Crippen molar-refractivity contribution in [3.8, 4) is 11.5 Å². The molecule has 6 N–H and O–H groups in total. The maximum absolute atomic E-state index is 12.1. The van der Waals surface area contributed by atoms with Crippen LogP contribution in [0.15, 0.2) is 60.7 Å². The summed E-state index contributed by atoms with van der Waals surface area (Å²) < 4.78 is 32.2. The van der Waals surface area contributed by atoms with Crippen molar-refractivity contribution >= 4 is 18.1 Å². The van der Waals surface area contributed by atoms with Gasteiger partial charge < -0.3 is 59.1 Å². The monoisotopic (exact) mass is 604 g/mol. The standard InChI is InChI=1S/C30H36O13/c1-38-21-11-9-19(14-20(21)32)8-5-13-39-28-25(35)26(24(34)22(15-31)42-28)43-29-27(36)30(37,17-41-29)16-40-23(33)12-10-18-6-3-2-4-7-18/h2-12,14,22,24-29,31-32,34-37H,13,15-17H2,1H3/b8-5+,12-10+/t22-,24-,25-,26+,27+,28-,29+,30-/m1/s1. The Kier molecular flexibility index (Phi) is 11.3. The molecule has 0 spiro atoms. The maximum atomic E-state index is 12.1. The van der Waals surface area contributed by atoms with E-state index in [-0.39, 0.29) is 12.4 Å². The Morgan fingerprint density at radius 2 is 1.81 bits per heavy atom. The molecule has 4 rings (SSSR count). The average molecular weight is 605 g/mol. The number of rotatable bonds is 12. The zero-order valence-electron chi connectivity index (χ0n) is 23.3. The summed E-state index contributed by atoms with van der Waals surface area (Å²) in [7, 11) is 1.44. The largest absolute Gasteiger partial charge is 0.504 e. The van der Waals surface area contributed by atoms with E-state index in [4.69, 9.17) is 28.4 Å². The molecule has 0 aromatic heterocycles. The highest BCUT2D eigenvalue weighted by atomic mass is 16.7. The van der Waals surface area contributed by atoms with Gasteiger partial charge in [-0.1, -0.05) is 48.6 Å². The lowest BCUT2D eigenvalue weighted by Gasteiger charge is -2.42. The number of aliphatic hydroxyl groups is 5. The van der Waals surface area contributed by atoms with Gasteiger partial charge in [0.2, 0.25) is 0 Å². The number of phenols is 1. The molecule has 2 saturated heterocycles. The number of ether oxygens (including phenoxy) is 6. The van der Waals surface area contributed by atoms with E-state index >= 15 is 0 Å². The molecule has 0 radical (unpaired) electrons. The Balaban J connectivity index is 1.32. The molecule has 8 atom stereocenters. The van der Waals surface area contributed by atoms with Gasteiger partial charge in [0.15, 0.2) is 29.7 Å². The van der Waals surface area contributed by atoms with E-state index in [0.717, 1.165) is 5.56 Å². The number of phenolic OH excluding ortho intramolecular Hbond substituents is 1. The topological polar surface area (TPSA) is 194 Å². The second kappa shape index (κ2) is 14.9. The number of aliphatic hydroxyl groups excluding tert-OH is 4. The highest BCUT2D eigenvalue weighted by Gasteiger charge is 2.53. The van der Waals surface area contributed by atoms with Crippen molar-refractivity contribution in [2.75, 3.05) is 33.5 Å². The minimum absolute atomic E-state index is 0.0438. The smallest absolute Gasteiger partial charge is 0.330 e. The average Bonchev–Trinajstić information content (AvgIpc) is 3.29. The molecule has 2 aromatic rings. The van der Waals surface area contributed by atoms with E-state index in [9.17, 15) is 35.4 Å². The molecule has 234 valence electrons. The first-order valence-corrected chi connectivity index (χ1v) is 13.5. The number of hydrogen-bond acceptors (Lipinski definition) is 13. The number of hydrogen-bond donors (Lipinski definition) is 6. The molecule has 0 amide bonds. The number of benzene rings is 2. The molecular formula is C30H36O13. The lowest BCUT2D eigenvalue weighted by Crippen LogP contribution is -2.61. The van der Waals surface area contributed by atoms with Gasteiger partial charge >= 0.3 is 5.97 Å². The summed E-state index contributed by atoms with van der Waals surface area (Å²) in [4.78, 5) is 12.1. The van der Waals surface area contributed by atoms with Crippen LogP contribution in [0.5, 0.6) is 11.5 Å². The Labute approximate surface area is 247 Å². The second-order valence-corrected chi connectivity index (χ2v) is 10.1. The van der Waals surface area contributed by atoms with Crippen LogP contribution < -0.4 is 4.74 Å². The molecule has 0 unspecified atom stereocenters. The summed E-state index contributed by atoms with van der Waals surface area (Å²) >= 11 is 0. The van der Waals surface area contributed by atoms with E-state index in [1.54, 1.807) is 48.6 Å². The second-order valence-electron chi connectivity index (χ2n) is 10.1. The van der Waals surface area contributed by atoms with E-state index < -0.39 is 74.5 Å². The van der Waals surface area contributed by atoms with Crippen molar-refractivity contribution in [1.29, 1.82) is 0 Å². The van der Waals surface area contributed by atoms with Crippen LogP contribution in [0.3, 0.4) is 0 Å². The zero-order chi connectivity index (χ0) is 31.0. The fraction of sp³-hybridized carbons (Fsp3) is 0.433. The fourth-order valence-electron chi connectivity index (χ4n) is 4.52. The van der Waals surface area contributed by atoms with Gasteiger partial charge in [-0.15, -0.1) is 0 Å². The number of carbonyl (C=O) groups is 1. The summed E-state index contributed by atoms with van der Waals surface area (Å²) in [6.45, 7) is -1.80. The van der Waals surface area contributed by atoms with E-state index in [0.29, 0.717) is 11.3 Å². The predicted octanol–water partition coefficient (Wildman–Crippen LogP) is -0.0403. The predicted molar refractivity (Wildman–Crippen MR) is 149 cm³/mol. The van der Waals surface area contributed by atoms with Gasteiger partial charge in [-0.05, 0) is 29.3 Å². The Hall–Kier alpha value is -3.37. The highest BCUT2D eigenvalue weighted by molar-refractivity contribution is 5.87. The van der Waals surface area contributed by atoms with Crippen molar-refractivity contribution in [3.63, 3.8) is 0 Å². The summed E-state index contributed by atoms with van der Waals surface area (Å²) in [5.41, 5.74) is -0.620. The molecule has 2 fully saturated rings. The minimum atomic E-state index is -2.03. The van der Waals surface area contributed by atoms with Gasteiger partial charge in [0.05, 0.1) is 26.9 Å². The van der Waals surface area contributed by atoms with Gasteiger partial charge in [-0.2, -0.15) is 0 Å². The minimum Gasteiger partial charge on any atom is -0.504 e. The lowest BCUT2D eigenvalue weighted by atomic mass is 9.98. The van der Waals surface area contributed by atoms with E-state index in [1.807, 2.05) is 6.07 Å². The van der Waals surface area contributed by atoms with Gasteiger partial charge in [0, 0.05) is 6.08 Å². The maximum Gasteiger partial charge on any atom is 0.330 e.